The van der Waals surface area contributed by atoms with E-state index in [1.54, 1.807) is 6.92 Å². The van der Waals surface area contributed by atoms with E-state index in [9.17, 15) is 4.79 Å². The molecule has 0 saturated heterocycles. The first-order chi connectivity index (χ1) is 8.11. The lowest BCUT2D eigenvalue weighted by atomic mass is 9.98. The average molecular weight is 260 g/mol. The Kier molecular flexibility index (Phi) is 10.8. The van der Waals surface area contributed by atoms with Gasteiger partial charge < -0.3 is 5.11 Å². The van der Waals surface area contributed by atoms with Gasteiger partial charge in [0, 0.05) is 5.75 Å². The van der Waals surface area contributed by atoms with E-state index in [4.69, 9.17) is 5.11 Å². The number of hydrogen-bond donors (Lipinski definition) is 1. The van der Waals surface area contributed by atoms with Crippen molar-refractivity contribution < 1.29 is 9.90 Å². The first-order valence-corrected chi connectivity index (χ1v) is 8.07. The number of rotatable bonds is 11. The quantitative estimate of drug-likeness (QED) is 0.558. The third-order valence-corrected chi connectivity index (χ3v) is 4.50. The van der Waals surface area contributed by atoms with Crippen LogP contribution in [0.4, 0.5) is 0 Å². The number of unbranched alkanes of at least 4 members (excludes halogenated alkanes) is 2. The van der Waals surface area contributed by atoms with Crippen LogP contribution in [-0.2, 0) is 4.79 Å². The minimum absolute atomic E-state index is 0.210. The molecule has 0 saturated carbocycles. The molecule has 3 heteroatoms. The minimum atomic E-state index is -0.671. The summed E-state index contributed by atoms with van der Waals surface area (Å²) in [4.78, 5) is 10.7. The Morgan fingerprint density at radius 2 is 1.82 bits per heavy atom. The van der Waals surface area contributed by atoms with Gasteiger partial charge in [0.05, 0.1) is 5.92 Å². The van der Waals surface area contributed by atoms with Gasteiger partial charge in [0.25, 0.3) is 0 Å². The molecule has 0 aliphatic heterocycles. The maximum Gasteiger partial charge on any atom is 0.307 e. The van der Waals surface area contributed by atoms with E-state index >= 15 is 0 Å². The van der Waals surface area contributed by atoms with E-state index < -0.39 is 5.97 Å². The molecule has 0 aromatic carbocycles. The van der Waals surface area contributed by atoms with E-state index in [2.05, 4.69) is 13.8 Å². The molecule has 0 radical (unpaired) electrons. The van der Waals surface area contributed by atoms with Gasteiger partial charge in [-0.15, -0.1) is 0 Å². The van der Waals surface area contributed by atoms with Crippen LogP contribution in [0.1, 0.15) is 59.3 Å². The SMILES string of the molecule is CCCCCC(CCC)CSCC(C)C(=O)O. The Morgan fingerprint density at radius 1 is 1.12 bits per heavy atom. The van der Waals surface area contributed by atoms with Crippen LogP contribution in [0.25, 0.3) is 0 Å². The van der Waals surface area contributed by atoms with Crippen molar-refractivity contribution in [3.8, 4) is 0 Å². The molecule has 0 rings (SSSR count). The average Bonchev–Trinajstić information content (AvgIpc) is 2.29. The van der Waals surface area contributed by atoms with Crippen LogP contribution >= 0.6 is 11.8 Å². The smallest absolute Gasteiger partial charge is 0.307 e. The highest BCUT2D eigenvalue weighted by Crippen LogP contribution is 2.22. The van der Waals surface area contributed by atoms with Crippen molar-refractivity contribution in [2.24, 2.45) is 11.8 Å². The third kappa shape index (κ3) is 9.51. The summed E-state index contributed by atoms with van der Waals surface area (Å²) in [6.07, 6.45) is 7.79. The Balaban J connectivity index is 3.71. The van der Waals surface area contributed by atoms with Crippen LogP contribution in [-0.4, -0.2) is 22.6 Å². The second-order valence-electron chi connectivity index (χ2n) is 4.93. The van der Waals surface area contributed by atoms with Crippen LogP contribution in [0.2, 0.25) is 0 Å². The molecule has 102 valence electrons. The summed E-state index contributed by atoms with van der Waals surface area (Å²) < 4.78 is 0. The van der Waals surface area contributed by atoms with E-state index in [1.807, 2.05) is 11.8 Å². The highest BCUT2D eigenvalue weighted by atomic mass is 32.2. The predicted molar refractivity (Wildman–Crippen MR) is 76.7 cm³/mol. The van der Waals surface area contributed by atoms with Gasteiger partial charge in [0.15, 0.2) is 0 Å². The predicted octanol–water partition coefficient (Wildman–Crippen LogP) is 4.44. The maximum absolute atomic E-state index is 10.7. The van der Waals surface area contributed by atoms with Gasteiger partial charge in [0.1, 0.15) is 0 Å². The molecule has 0 aliphatic rings. The number of thioether (sulfide) groups is 1. The minimum Gasteiger partial charge on any atom is -0.481 e. The molecule has 0 heterocycles. The lowest BCUT2D eigenvalue weighted by molar-refractivity contribution is -0.140. The van der Waals surface area contributed by atoms with Crippen LogP contribution in [0.3, 0.4) is 0 Å². The molecular formula is C14H28O2S. The van der Waals surface area contributed by atoms with Gasteiger partial charge in [-0.2, -0.15) is 11.8 Å². The molecule has 2 atom stereocenters. The summed E-state index contributed by atoms with van der Waals surface area (Å²) >= 11 is 1.81. The number of carbonyl (C=O) groups is 1. The second-order valence-corrected chi connectivity index (χ2v) is 6.00. The number of carboxylic acid groups (broad SMARTS) is 1. The molecule has 0 amide bonds. The molecule has 0 aromatic rings. The lowest BCUT2D eigenvalue weighted by Gasteiger charge is -2.16. The van der Waals surface area contributed by atoms with Gasteiger partial charge >= 0.3 is 5.97 Å². The third-order valence-electron chi connectivity index (χ3n) is 3.06. The fourth-order valence-corrected chi connectivity index (χ4v) is 3.18. The molecule has 2 unspecified atom stereocenters. The standard InChI is InChI=1S/C14H28O2S/c1-4-6-7-9-13(8-5-2)11-17-10-12(3)14(15)16/h12-13H,4-11H2,1-3H3,(H,15,16). The molecule has 2 nitrogen and oxygen atoms in total. The van der Waals surface area contributed by atoms with Gasteiger partial charge in [-0.3, -0.25) is 4.79 Å². The Labute approximate surface area is 111 Å². The molecule has 17 heavy (non-hydrogen) atoms. The van der Waals surface area contributed by atoms with Crippen molar-refractivity contribution in [2.45, 2.75) is 59.3 Å². The Hall–Kier alpha value is -0.180. The van der Waals surface area contributed by atoms with E-state index in [0.717, 1.165) is 17.4 Å². The summed E-state index contributed by atoms with van der Waals surface area (Å²) in [6.45, 7) is 6.26. The van der Waals surface area contributed by atoms with Crippen molar-refractivity contribution >= 4 is 17.7 Å². The number of hydrogen-bond acceptors (Lipinski definition) is 2. The van der Waals surface area contributed by atoms with Gasteiger partial charge in [-0.05, 0) is 24.5 Å². The molecular weight excluding hydrogens is 232 g/mol. The molecule has 1 N–H and O–H groups in total. The van der Waals surface area contributed by atoms with Crippen molar-refractivity contribution in [3.63, 3.8) is 0 Å². The summed E-state index contributed by atoms with van der Waals surface area (Å²) in [7, 11) is 0. The lowest BCUT2D eigenvalue weighted by Crippen LogP contribution is -2.13. The van der Waals surface area contributed by atoms with Crippen LogP contribution < -0.4 is 0 Å². The fraction of sp³-hybridized carbons (Fsp3) is 0.929. The Bertz CT molecular complexity index is 195. The van der Waals surface area contributed by atoms with Gasteiger partial charge in [0.2, 0.25) is 0 Å². The number of aliphatic carboxylic acids is 1. The molecule has 0 aromatic heterocycles. The van der Waals surface area contributed by atoms with Crippen LogP contribution in [0, 0.1) is 11.8 Å². The largest absolute Gasteiger partial charge is 0.481 e. The normalized spacial score (nSPS) is 14.5. The zero-order valence-electron chi connectivity index (χ0n) is 11.6. The van der Waals surface area contributed by atoms with Crippen molar-refractivity contribution in [1.82, 2.24) is 0 Å². The first-order valence-electron chi connectivity index (χ1n) is 6.92. The topological polar surface area (TPSA) is 37.3 Å². The molecule has 0 fully saturated rings. The summed E-state index contributed by atoms with van der Waals surface area (Å²) in [5.41, 5.74) is 0. The molecule has 0 spiro atoms. The van der Waals surface area contributed by atoms with Gasteiger partial charge in [-0.1, -0.05) is 46.5 Å². The van der Waals surface area contributed by atoms with Crippen LogP contribution in [0.15, 0.2) is 0 Å². The van der Waals surface area contributed by atoms with Crippen molar-refractivity contribution in [1.29, 1.82) is 0 Å². The molecule has 0 bridgehead atoms. The zero-order chi connectivity index (χ0) is 13.1. The Morgan fingerprint density at radius 3 is 2.35 bits per heavy atom. The van der Waals surface area contributed by atoms with Gasteiger partial charge in [-0.25, -0.2) is 0 Å². The second kappa shape index (κ2) is 10.9. The van der Waals surface area contributed by atoms with E-state index in [0.29, 0.717) is 0 Å². The summed E-state index contributed by atoms with van der Waals surface area (Å²) in [5, 5.41) is 8.81. The van der Waals surface area contributed by atoms with Crippen molar-refractivity contribution in [3.05, 3.63) is 0 Å². The number of carboxylic acids is 1. The zero-order valence-corrected chi connectivity index (χ0v) is 12.4. The van der Waals surface area contributed by atoms with Crippen LogP contribution in [0.5, 0.6) is 0 Å². The highest BCUT2D eigenvalue weighted by Gasteiger charge is 2.13. The van der Waals surface area contributed by atoms with E-state index in [1.165, 1.54) is 38.5 Å². The monoisotopic (exact) mass is 260 g/mol. The molecule has 0 aliphatic carbocycles. The first kappa shape index (κ1) is 16.8. The highest BCUT2D eigenvalue weighted by molar-refractivity contribution is 7.99. The van der Waals surface area contributed by atoms with Crippen molar-refractivity contribution in [2.75, 3.05) is 11.5 Å². The summed E-state index contributed by atoms with van der Waals surface area (Å²) in [5.74, 6) is 1.80. The maximum atomic E-state index is 10.7. The summed E-state index contributed by atoms with van der Waals surface area (Å²) in [6, 6.07) is 0. The van der Waals surface area contributed by atoms with E-state index in [-0.39, 0.29) is 5.92 Å². The fourth-order valence-electron chi connectivity index (χ4n) is 1.89.